The molecule has 0 aliphatic carbocycles. The highest BCUT2D eigenvalue weighted by atomic mass is 32.1. The molecule has 5 heteroatoms. The summed E-state index contributed by atoms with van der Waals surface area (Å²) in [6, 6.07) is 15.0. The molecule has 0 saturated heterocycles. The minimum absolute atomic E-state index is 0.307. The molecule has 0 amide bonds. The van der Waals surface area contributed by atoms with Crippen molar-refractivity contribution in [3.63, 3.8) is 0 Å². The lowest BCUT2D eigenvalue weighted by Crippen LogP contribution is -1.97. The molecule has 2 aromatic heterocycles. The van der Waals surface area contributed by atoms with Crippen molar-refractivity contribution >= 4 is 33.1 Å². The maximum atomic E-state index is 14.0. The summed E-state index contributed by atoms with van der Waals surface area (Å²) in [7, 11) is 0. The van der Waals surface area contributed by atoms with Crippen molar-refractivity contribution < 1.29 is 4.39 Å². The Kier molecular flexibility index (Phi) is 3.93. The lowest BCUT2D eigenvalue weighted by atomic mass is 10.0. The summed E-state index contributed by atoms with van der Waals surface area (Å²) >= 11 is 1.62. The number of para-hydroxylation sites is 1. The Labute approximate surface area is 149 Å². The summed E-state index contributed by atoms with van der Waals surface area (Å²) < 4.78 is 14.0. The van der Waals surface area contributed by atoms with E-state index in [1.54, 1.807) is 29.5 Å². The highest BCUT2D eigenvalue weighted by Gasteiger charge is 2.17. The van der Waals surface area contributed by atoms with Crippen LogP contribution in [0.15, 0.2) is 54.9 Å². The van der Waals surface area contributed by atoms with Gasteiger partial charge in [-0.05, 0) is 31.5 Å². The van der Waals surface area contributed by atoms with Gasteiger partial charge in [-0.1, -0.05) is 42.0 Å². The highest BCUT2D eigenvalue weighted by Crippen LogP contribution is 2.41. The van der Waals surface area contributed by atoms with Crippen LogP contribution in [0.4, 0.5) is 15.9 Å². The SMILES string of the molecule is Cc1ccc(-c2c(C)sc3ncnc(Nc4ccccc4F)c23)cc1. The molecule has 3 nitrogen and oxygen atoms in total. The molecule has 0 aliphatic rings. The maximum absolute atomic E-state index is 14.0. The number of hydrogen-bond acceptors (Lipinski definition) is 4. The number of aromatic nitrogens is 2. The average molecular weight is 349 g/mol. The average Bonchev–Trinajstić information content (AvgIpc) is 2.95. The van der Waals surface area contributed by atoms with Crippen molar-refractivity contribution in [1.82, 2.24) is 9.97 Å². The van der Waals surface area contributed by atoms with Crippen LogP contribution in [0.3, 0.4) is 0 Å². The van der Waals surface area contributed by atoms with Gasteiger partial charge in [0.2, 0.25) is 0 Å². The van der Waals surface area contributed by atoms with Gasteiger partial charge in [0.1, 0.15) is 22.8 Å². The van der Waals surface area contributed by atoms with Crippen LogP contribution in [0.1, 0.15) is 10.4 Å². The third-order valence-electron chi connectivity index (χ3n) is 4.13. The molecule has 1 N–H and O–H groups in total. The number of halogens is 1. The van der Waals surface area contributed by atoms with E-state index >= 15 is 0 Å². The first-order valence-corrected chi connectivity index (χ1v) is 8.78. The maximum Gasteiger partial charge on any atom is 0.146 e. The fourth-order valence-corrected chi connectivity index (χ4v) is 3.91. The van der Waals surface area contributed by atoms with E-state index in [0.717, 1.165) is 26.2 Å². The summed E-state index contributed by atoms with van der Waals surface area (Å²) in [6.45, 7) is 4.14. The van der Waals surface area contributed by atoms with Crippen LogP contribution >= 0.6 is 11.3 Å². The molecular formula is C20H16FN3S. The van der Waals surface area contributed by atoms with Crippen LogP contribution in [0, 0.1) is 19.7 Å². The molecule has 0 spiro atoms. The Morgan fingerprint density at radius 3 is 2.48 bits per heavy atom. The zero-order valence-electron chi connectivity index (χ0n) is 13.9. The number of anilines is 2. The molecule has 0 aliphatic heterocycles. The number of rotatable bonds is 3. The van der Waals surface area contributed by atoms with E-state index in [2.05, 4.69) is 53.4 Å². The molecule has 4 aromatic rings. The molecule has 124 valence electrons. The minimum Gasteiger partial charge on any atom is -0.337 e. The topological polar surface area (TPSA) is 37.8 Å². The lowest BCUT2D eigenvalue weighted by molar-refractivity contribution is 0.632. The predicted molar refractivity (Wildman–Crippen MR) is 102 cm³/mol. The normalized spacial score (nSPS) is 11.0. The van der Waals surface area contributed by atoms with E-state index in [1.165, 1.54) is 18.0 Å². The summed E-state index contributed by atoms with van der Waals surface area (Å²) in [6.07, 6.45) is 1.51. The molecule has 2 aromatic carbocycles. The van der Waals surface area contributed by atoms with E-state index in [0.29, 0.717) is 11.5 Å². The monoisotopic (exact) mass is 349 g/mol. The summed E-state index contributed by atoms with van der Waals surface area (Å²) in [4.78, 5) is 10.8. The number of nitrogens with one attached hydrogen (secondary N) is 1. The Bertz CT molecular complexity index is 1050. The van der Waals surface area contributed by atoms with Gasteiger partial charge < -0.3 is 5.32 Å². The first kappa shape index (κ1) is 15.7. The molecule has 0 saturated carbocycles. The van der Waals surface area contributed by atoms with Gasteiger partial charge in [0.25, 0.3) is 0 Å². The van der Waals surface area contributed by atoms with Gasteiger partial charge in [-0.2, -0.15) is 0 Å². The Hall–Kier alpha value is -2.79. The fourth-order valence-electron chi connectivity index (χ4n) is 2.90. The Morgan fingerprint density at radius 2 is 1.72 bits per heavy atom. The van der Waals surface area contributed by atoms with Crippen LogP contribution in [0.25, 0.3) is 21.3 Å². The summed E-state index contributed by atoms with van der Waals surface area (Å²) in [5.41, 5.74) is 3.82. The standard InChI is InChI=1S/C20H16FN3S/c1-12-7-9-14(10-8-12)17-13(2)25-20-18(17)19(22-11-23-20)24-16-6-4-3-5-15(16)21/h3-11H,1-2H3,(H,22,23,24). The zero-order valence-corrected chi connectivity index (χ0v) is 14.7. The second-order valence-corrected chi connectivity index (χ2v) is 7.11. The van der Waals surface area contributed by atoms with Crippen molar-refractivity contribution in [2.45, 2.75) is 13.8 Å². The van der Waals surface area contributed by atoms with E-state index < -0.39 is 0 Å². The van der Waals surface area contributed by atoms with Gasteiger partial charge >= 0.3 is 0 Å². The Balaban J connectivity index is 1.91. The van der Waals surface area contributed by atoms with Crippen molar-refractivity contribution in [3.8, 4) is 11.1 Å². The smallest absolute Gasteiger partial charge is 0.146 e. The summed E-state index contributed by atoms with van der Waals surface area (Å²) in [5.74, 6) is 0.313. The molecule has 0 atom stereocenters. The number of thiophene rings is 1. The predicted octanol–water partition coefficient (Wildman–Crippen LogP) is 5.86. The number of fused-ring (bicyclic) bond motifs is 1. The van der Waals surface area contributed by atoms with Gasteiger partial charge in [0.05, 0.1) is 11.1 Å². The molecule has 25 heavy (non-hydrogen) atoms. The van der Waals surface area contributed by atoms with Crippen LogP contribution in [0.5, 0.6) is 0 Å². The van der Waals surface area contributed by atoms with Gasteiger partial charge in [0, 0.05) is 10.4 Å². The van der Waals surface area contributed by atoms with E-state index in [9.17, 15) is 4.39 Å². The number of hydrogen-bond donors (Lipinski definition) is 1. The van der Waals surface area contributed by atoms with Gasteiger partial charge in [0.15, 0.2) is 0 Å². The van der Waals surface area contributed by atoms with Crippen LogP contribution in [-0.4, -0.2) is 9.97 Å². The van der Waals surface area contributed by atoms with Crippen molar-refractivity contribution in [3.05, 3.63) is 71.1 Å². The van der Waals surface area contributed by atoms with Gasteiger partial charge in [-0.15, -0.1) is 11.3 Å². The third kappa shape index (κ3) is 2.87. The molecule has 0 fully saturated rings. The van der Waals surface area contributed by atoms with Crippen LogP contribution < -0.4 is 5.32 Å². The summed E-state index contributed by atoms with van der Waals surface area (Å²) in [5, 5.41) is 4.06. The Morgan fingerprint density at radius 1 is 0.960 bits per heavy atom. The molecule has 0 unspecified atom stereocenters. The molecule has 0 radical (unpaired) electrons. The van der Waals surface area contributed by atoms with E-state index in [4.69, 9.17) is 0 Å². The van der Waals surface area contributed by atoms with Gasteiger partial charge in [-0.3, -0.25) is 0 Å². The number of benzene rings is 2. The zero-order chi connectivity index (χ0) is 17.4. The molecule has 4 rings (SSSR count). The number of nitrogens with zero attached hydrogens (tertiary/aromatic N) is 2. The minimum atomic E-state index is -0.307. The lowest BCUT2D eigenvalue weighted by Gasteiger charge is -2.10. The van der Waals surface area contributed by atoms with Gasteiger partial charge in [-0.25, -0.2) is 14.4 Å². The third-order valence-corrected chi connectivity index (χ3v) is 5.14. The molecule has 2 heterocycles. The first-order chi connectivity index (χ1) is 12.1. The second kappa shape index (κ2) is 6.26. The highest BCUT2D eigenvalue weighted by molar-refractivity contribution is 7.19. The van der Waals surface area contributed by atoms with Crippen LogP contribution in [-0.2, 0) is 0 Å². The second-order valence-electron chi connectivity index (χ2n) is 5.91. The number of aryl methyl sites for hydroxylation is 2. The molecular weight excluding hydrogens is 333 g/mol. The van der Waals surface area contributed by atoms with Crippen molar-refractivity contribution in [1.29, 1.82) is 0 Å². The largest absolute Gasteiger partial charge is 0.337 e. The fraction of sp³-hybridized carbons (Fsp3) is 0.100. The van der Waals surface area contributed by atoms with Crippen LogP contribution in [0.2, 0.25) is 0 Å². The first-order valence-electron chi connectivity index (χ1n) is 7.96. The van der Waals surface area contributed by atoms with Crippen molar-refractivity contribution in [2.24, 2.45) is 0 Å². The van der Waals surface area contributed by atoms with Crippen molar-refractivity contribution in [2.75, 3.05) is 5.32 Å². The quantitative estimate of drug-likeness (QED) is 0.503. The van der Waals surface area contributed by atoms with E-state index in [1.807, 2.05) is 0 Å². The molecule has 0 bridgehead atoms. The van der Waals surface area contributed by atoms with E-state index in [-0.39, 0.29) is 5.82 Å².